The van der Waals surface area contributed by atoms with Gasteiger partial charge < -0.3 is 25.4 Å². The third-order valence-corrected chi connectivity index (χ3v) is 5.01. The molecule has 0 bridgehead atoms. The van der Waals surface area contributed by atoms with E-state index in [4.69, 9.17) is 4.74 Å². The normalized spacial score (nSPS) is 14.3. The first-order valence-electron chi connectivity index (χ1n) is 9.62. The Kier molecular flexibility index (Phi) is 7.47. The average Bonchev–Trinajstić information content (AvgIpc) is 2.65. The molecule has 0 saturated carbocycles. The predicted octanol–water partition coefficient (Wildman–Crippen LogP) is 2.14. The summed E-state index contributed by atoms with van der Waals surface area (Å²) in [6, 6.07) is 3.58. The minimum Gasteiger partial charge on any atom is -0.506 e. The summed E-state index contributed by atoms with van der Waals surface area (Å²) < 4.78 is 5.49. The molecule has 0 fully saturated rings. The van der Waals surface area contributed by atoms with Gasteiger partial charge in [-0.3, -0.25) is 9.59 Å². The van der Waals surface area contributed by atoms with Crippen LogP contribution in [0.5, 0.6) is 11.5 Å². The number of phenols is 1. The average molecular weight is 377 g/mol. The Bertz CT molecular complexity index is 675. The van der Waals surface area contributed by atoms with Gasteiger partial charge in [-0.1, -0.05) is 26.8 Å². The Morgan fingerprint density at radius 3 is 2.74 bits per heavy atom. The van der Waals surface area contributed by atoms with Crippen molar-refractivity contribution < 1.29 is 19.4 Å². The van der Waals surface area contributed by atoms with E-state index < -0.39 is 0 Å². The van der Waals surface area contributed by atoms with E-state index in [1.807, 2.05) is 11.8 Å². The summed E-state index contributed by atoms with van der Waals surface area (Å²) in [5.74, 6) is 0.859. The third-order valence-electron chi connectivity index (χ3n) is 5.01. The molecular formula is C20H31N3O4. The standard InChI is InChI=1S/C20H31N3O4/c1-5-18(26)23(14(4)13(2)3)11-10-21-9-8-15-6-7-16(24)19-20(15)27-12-17(25)22-19/h6-7,13-14,21,24H,5,8-12H2,1-4H3,(H,22,25). The Morgan fingerprint density at radius 1 is 1.33 bits per heavy atom. The van der Waals surface area contributed by atoms with Crippen LogP contribution in [0.2, 0.25) is 0 Å². The van der Waals surface area contributed by atoms with Crippen molar-refractivity contribution in [3.63, 3.8) is 0 Å². The number of anilines is 1. The highest BCUT2D eigenvalue weighted by Gasteiger charge is 2.23. The maximum atomic E-state index is 12.2. The van der Waals surface area contributed by atoms with Gasteiger partial charge in [0.25, 0.3) is 5.91 Å². The maximum Gasteiger partial charge on any atom is 0.262 e. The molecule has 1 unspecified atom stereocenters. The van der Waals surface area contributed by atoms with E-state index in [1.165, 1.54) is 0 Å². The smallest absolute Gasteiger partial charge is 0.262 e. The summed E-state index contributed by atoms with van der Waals surface area (Å²) in [4.78, 5) is 25.6. The highest BCUT2D eigenvalue weighted by molar-refractivity contribution is 5.97. The molecule has 0 aliphatic carbocycles. The highest BCUT2D eigenvalue weighted by atomic mass is 16.5. The van der Waals surface area contributed by atoms with Crippen molar-refractivity contribution in [2.75, 3.05) is 31.6 Å². The van der Waals surface area contributed by atoms with Gasteiger partial charge in [-0.15, -0.1) is 0 Å². The Balaban J connectivity index is 1.87. The number of nitrogens with zero attached hydrogens (tertiary/aromatic N) is 1. The molecule has 1 atom stereocenters. The van der Waals surface area contributed by atoms with E-state index in [0.717, 1.165) is 5.56 Å². The SMILES string of the molecule is CCC(=O)N(CCNCCc1ccc(O)c2c1OCC(=O)N2)C(C)C(C)C. The number of nitrogens with one attached hydrogen (secondary N) is 2. The van der Waals surface area contributed by atoms with Gasteiger partial charge in [0.15, 0.2) is 12.4 Å². The lowest BCUT2D eigenvalue weighted by atomic mass is 10.0. The van der Waals surface area contributed by atoms with Crippen molar-refractivity contribution in [3.05, 3.63) is 17.7 Å². The summed E-state index contributed by atoms with van der Waals surface area (Å²) in [6.07, 6.45) is 1.21. The number of hydrogen-bond donors (Lipinski definition) is 3. The first kappa shape index (κ1) is 21.0. The summed E-state index contributed by atoms with van der Waals surface area (Å²) >= 11 is 0. The van der Waals surface area contributed by atoms with Crippen LogP contribution in [0, 0.1) is 5.92 Å². The number of rotatable bonds is 9. The van der Waals surface area contributed by atoms with E-state index in [-0.39, 0.29) is 30.2 Å². The van der Waals surface area contributed by atoms with Crippen LogP contribution in [0.3, 0.4) is 0 Å². The second-order valence-corrected chi connectivity index (χ2v) is 7.21. The largest absolute Gasteiger partial charge is 0.506 e. The molecule has 0 spiro atoms. The number of amides is 2. The summed E-state index contributed by atoms with van der Waals surface area (Å²) in [5.41, 5.74) is 1.27. The molecule has 7 heteroatoms. The van der Waals surface area contributed by atoms with Crippen molar-refractivity contribution in [2.24, 2.45) is 5.92 Å². The quantitative estimate of drug-likeness (QED) is 0.453. The van der Waals surface area contributed by atoms with Gasteiger partial charge in [0.2, 0.25) is 5.91 Å². The molecule has 3 N–H and O–H groups in total. The maximum absolute atomic E-state index is 12.2. The zero-order valence-electron chi connectivity index (χ0n) is 16.7. The fourth-order valence-corrected chi connectivity index (χ4v) is 3.08. The number of aromatic hydroxyl groups is 1. The Hall–Kier alpha value is -2.28. The molecule has 0 saturated heterocycles. The molecule has 7 nitrogen and oxygen atoms in total. The first-order valence-corrected chi connectivity index (χ1v) is 9.62. The van der Waals surface area contributed by atoms with Crippen LogP contribution in [-0.4, -0.2) is 54.1 Å². The molecule has 1 aromatic rings. The fourth-order valence-electron chi connectivity index (χ4n) is 3.08. The van der Waals surface area contributed by atoms with E-state index in [9.17, 15) is 14.7 Å². The van der Waals surface area contributed by atoms with Gasteiger partial charge in [-0.25, -0.2) is 0 Å². The van der Waals surface area contributed by atoms with E-state index >= 15 is 0 Å². The van der Waals surface area contributed by atoms with Gasteiger partial charge in [-0.2, -0.15) is 0 Å². The topological polar surface area (TPSA) is 90.9 Å². The fraction of sp³-hybridized carbons (Fsp3) is 0.600. The van der Waals surface area contributed by atoms with Crippen LogP contribution in [0.4, 0.5) is 5.69 Å². The van der Waals surface area contributed by atoms with Gasteiger partial charge >= 0.3 is 0 Å². The second-order valence-electron chi connectivity index (χ2n) is 7.21. The van der Waals surface area contributed by atoms with E-state index in [2.05, 4.69) is 31.4 Å². The molecule has 0 radical (unpaired) electrons. The second kappa shape index (κ2) is 9.60. The minimum atomic E-state index is -0.270. The monoisotopic (exact) mass is 377 g/mol. The molecular weight excluding hydrogens is 346 g/mol. The van der Waals surface area contributed by atoms with Crippen LogP contribution >= 0.6 is 0 Å². The molecule has 2 rings (SSSR count). The Morgan fingerprint density at radius 2 is 2.07 bits per heavy atom. The molecule has 1 heterocycles. The van der Waals surface area contributed by atoms with E-state index in [0.29, 0.717) is 49.8 Å². The number of fused-ring (bicyclic) bond motifs is 1. The zero-order valence-corrected chi connectivity index (χ0v) is 16.7. The van der Waals surface area contributed by atoms with Crippen molar-refractivity contribution in [3.8, 4) is 11.5 Å². The molecule has 2 amide bonds. The van der Waals surface area contributed by atoms with Gasteiger partial charge in [0, 0.05) is 25.6 Å². The van der Waals surface area contributed by atoms with Gasteiger partial charge in [0.1, 0.15) is 11.4 Å². The molecule has 1 aliphatic rings. The number of hydrogen-bond acceptors (Lipinski definition) is 5. The van der Waals surface area contributed by atoms with Crippen LogP contribution in [0.1, 0.15) is 39.7 Å². The summed E-state index contributed by atoms with van der Waals surface area (Å²) in [5, 5.41) is 15.9. The van der Waals surface area contributed by atoms with Crippen LogP contribution < -0.4 is 15.4 Å². The third kappa shape index (κ3) is 5.35. The predicted molar refractivity (Wildman–Crippen MR) is 105 cm³/mol. The molecule has 27 heavy (non-hydrogen) atoms. The number of benzene rings is 1. The van der Waals surface area contributed by atoms with Crippen LogP contribution in [0.25, 0.3) is 0 Å². The minimum absolute atomic E-state index is 0.00570. The zero-order chi connectivity index (χ0) is 20.0. The number of carbonyl (C=O) groups is 2. The molecule has 1 aliphatic heterocycles. The highest BCUT2D eigenvalue weighted by Crippen LogP contribution is 2.39. The summed E-state index contributed by atoms with van der Waals surface area (Å²) in [6.45, 7) is 10.3. The lowest BCUT2D eigenvalue weighted by Gasteiger charge is -2.32. The van der Waals surface area contributed by atoms with Crippen molar-refractivity contribution in [1.29, 1.82) is 0 Å². The number of carbonyl (C=O) groups excluding carboxylic acids is 2. The lowest BCUT2D eigenvalue weighted by Crippen LogP contribution is -2.44. The van der Waals surface area contributed by atoms with Crippen molar-refractivity contribution in [1.82, 2.24) is 10.2 Å². The van der Waals surface area contributed by atoms with Gasteiger partial charge in [-0.05, 0) is 37.4 Å². The van der Waals surface area contributed by atoms with E-state index in [1.54, 1.807) is 12.1 Å². The van der Waals surface area contributed by atoms with Crippen LogP contribution in [0.15, 0.2) is 12.1 Å². The Labute approximate surface area is 161 Å². The summed E-state index contributed by atoms with van der Waals surface area (Å²) in [7, 11) is 0. The number of phenolic OH excluding ortho intramolecular Hbond substituents is 1. The lowest BCUT2D eigenvalue weighted by molar-refractivity contribution is -0.133. The number of ether oxygens (including phenoxy) is 1. The molecule has 150 valence electrons. The van der Waals surface area contributed by atoms with Crippen LogP contribution in [-0.2, 0) is 16.0 Å². The van der Waals surface area contributed by atoms with Crippen molar-refractivity contribution in [2.45, 2.75) is 46.6 Å². The van der Waals surface area contributed by atoms with Crippen molar-refractivity contribution >= 4 is 17.5 Å². The molecule has 1 aromatic carbocycles. The molecule has 0 aromatic heterocycles. The van der Waals surface area contributed by atoms with Gasteiger partial charge in [0.05, 0.1) is 0 Å². The first-order chi connectivity index (χ1) is 12.8.